The van der Waals surface area contributed by atoms with Crippen LogP contribution in [0.1, 0.15) is 12.8 Å². The van der Waals surface area contributed by atoms with Crippen molar-refractivity contribution in [1.29, 1.82) is 0 Å². The van der Waals surface area contributed by atoms with Gasteiger partial charge in [0.15, 0.2) is 0 Å². The van der Waals surface area contributed by atoms with Gasteiger partial charge in [0, 0.05) is 18.3 Å². The number of hydrogen-bond acceptors (Lipinski definition) is 2. The molecule has 3 heteroatoms. The summed E-state index contributed by atoms with van der Waals surface area (Å²) in [7, 11) is 0. The molecule has 2 nitrogen and oxygen atoms in total. The van der Waals surface area contributed by atoms with Crippen LogP contribution >= 0.6 is 11.8 Å². The van der Waals surface area contributed by atoms with E-state index in [1.54, 1.807) is 0 Å². The third-order valence-electron chi connectivity index (χ3n) is 0.960. The fourth-order valence-electron chi connectivity index (χ4n) is 0.566. The summed E-state index contributed by atoms with van der Waals surface area (Å²) < 4.78 is 1.36. The number of hydroxylamine groups is 1. The van der Waals surface area contributed by atoms with Crippen molar-refractivity contribution < 1.29 is 4.84 Å². The summed E-state index contributed by atoms with van der Waals surface area (Å²) in [4.78, 5) is 4.88. The Morgan fingerprint density at radius 1 is 1.43 bits per heavy atom. The molecule has 0 atom stereocenters. The fraction of sp³-hybridized carbons (Fsp3) is 1.00. The van der Waals surface area contributed by atoms with E-state index in [-0.39, 0.29) is 0 Å². The van der Waals surface area contributed by atoms with E-state index in [9.17, 15) is 0 Å². The minimum atomic E-state index is 0.781. The Hall–Kier alpha value is 0.210. The van der Waals surface area contributed by atoms with E-state index < -0.39 is 0 Å². The molecule has 0 amide bonds. The Balaban J connectivity index is 2.12. The summed E-state index contributed by atoms with van der Waals surface area (Å²) in [5, 5.41) is 0. The van der Waals surface area contributed by atoms with Crippen molar-refractivity contribution in [2.45, 2.75) is 12.8 Å². The van der Waals surface area contributed by atoms with E-state index in [1.807, 2.05) is 0 Å². The van der Waals surface area contributed by atoms with Crippen LogP contribution in [0.3, 0.4) is 0 Å². The van der Waals surface area contributed by atoms with Gasteiger partial charge in [-0.1, -0.05) is 4.58 Å². The molecule has 0 aromatic carbocycles. The Kier molecular flexibility index (Phi) is 1.91. The first-order valence-corrected chi connectivity index (χ1v) is 2.79. The molecule has 1 rings (SSSR count). The van der Waals surface area contributed by atoms with Crippen LogP contribution in [0.25, 0.3) is 0 Å². The smallest absolute Gasteiger partial charge is 0.0701 e. The minimum Gasteiger partial charge on any atom is -0.284 e. The molecule has 1 saturated heterocycles. The van der Waals surface area contributed by atoms with E-state index in [1.165, 1.54) is 4.58 Å². The molecule has 0 radical (unpaired) electrons. The van der Waals surface area contributed by atoms with Gasteiger partial charge in [-0.25, -0.2) is 0 Å². The Morgan fingerprint density at radius 2 is 2.29 bits per heavy atom. The average Bonchev–Trinajstić information content (AvgIpc) is 1.69. The fourth-order valence-corrected chi connectivity index (χ4v) is 0.755. The summed E-state index contributed by atoms with van der Waals surface area (Å²) in [6, 6.07) is 0. The second-order valence-electron chi connectivity index (χ2n) is 1.58. The SMILES string of the molecule is ClN1CCCCO1. The van der Waals surface area contributed by atoms with Gasteiger partial charge < -0.3 is 0 Å². The molecule has 1 fully saturated rings. The van der Waals surface area contributed by atoms with E-state index in [2.05, 4.69) is 0 Å². The predicted molar refractivity (Wildman–Crippen MR) is 27.7 cm³/mol. The molecule has 0 unspecified atom stereocenters. The first-order valence-electron chi connectivity index (χ1n) is 2.46. The zero-order chi connectivity index (χ0) is 5.11. The van der Waals surface area contributed by atoms with Crippen LogP contribution in [0.15, 0.2) is 0 Å². The van der Waals surface area contributed by atoms with Gasteiger partial charge in [-0.3, -0.25) is 4.84 Å². The van der Waals surface area contributed by atoms with Gasteiger partial charge in [0.1, 0.15) is 0 Å². The van der Waals surface area contributed by atoms with E-state index >= 15 is 0 Å². The van der Waals surface area contributed by atoms with Crippen molar-refractivity contribution in [3.63, 3.8) is 0 Å². The Labute approximate surface area is 48.1 Å². The van der Waals surface area contributed by atoms with Crippen LogP contribution in [-0.2, 0) is 4.84 Å². The van der Waals surface area contributed by atoms with Gasteiger partial charge in [-0.15, -0.1) is 0 Å². The van der Waals surface area contributed by atoms with E-state index in [0.29, 0.717) is 0 Å². The summed E-state index contributed by atoms with van der Waals surface area (Å²) in [6.07, 6.45) is 2.30. The lowest BCUT2D eigenvalue weighted by atomic mass is 10.3. The molecular formula is C4H8ClNO. The van der Waals surface area contributed by atoms with Crippen LogP contribution < -0.4 is 0 Å². The van der Waals surface area contributed by atoms with Crippen molar-refractivity contribution in [2.24, 2.45) is 0 Å². The second kappa shape index (κ2) is 2.50. The van der Waals surface area contributed by atoms with Crippen LogP contribution in [0.2, 0.25) is 0 Å². The van der Waals surface area contributed by atoms with Gasteiger partial charge in [-0.2, -0.15) is 0 Å². The normalized spacial score (nSPS) is 25.3. The Morgan fingerprint density at radius 3 is 2.57 bits per heavy atom. The standard InChI is InChI=1S/C4H8ClNO/c5-6-3-1-2-4-7-6/h1-4H2. The summed E-state index contributed by atoms with van der Waals surface area (Å²) >= 11 is 5.43. The summed E-state index contributed by atoms with van der Waals surface area (Å²) in [5.74, 6) is 0. The number of halogens is 1. The molecule has 0 saturated carbocycles. The maximum Gasteiger partial charge on any atom is 0.0701 e. The van der Waals surface area contributed by atoms with Crippen molar-refractivity contribution in [3.8, 4) is 0 Å². The molecule has 42 valence electrons. The molecule has 1 heterocycles. The van der Waals surface area contributed by atoms with Crippen LogP contribution in [-0.4, -0.2) is 17.7 Å². The van der Waals surface area contributed by atoms with Gasteiger partial charge >= 0.3 is 0 Å². The summed E-state index contributed by atoms with van der Waals surface area (Å²) in [5.41, 5.74) is 0. The monoisotopic (exact) mass is 121 g/mol. The van der Waals surface area contributed by atoms with Crippen LogP contribution in [0, 0.1) is 0 Å². The topological polar surface area (TPSA) is 12.5 Å². The zero-order valence-corrected chi connectivity index (χ0v) is 4.82. The lowest BCUT2D eigenvalue weighted by Crippen LogP contribution is -2.20. The van der Waals surface area contributed by atoms with E-state index in [0.717, 1.165) is 26.0 Å². The molecule has 0 bridgehead atoms. The zero-order valence-electron chi connectivity index (χ0n) is 4.06. The maximum atomic E-state index is 5.43. The highest BCUT2D eigenvalue weighted by atomic mass is 35.5. The molecule has 1 aliphatic heterocycles. The highest BCUT2D eigenvalue weighted by Crippen LogP contribution is 2.06. The molecule has 0 aromatic heterocycles. The van der Waals surface area contributed by atoms with Crippen molar-refractivity contribution >= 4 is 11.8 Å². The van der Waals surface area contributed by atoms with Gasteiger partial charge in [-0.05, 0) is 12.8 Å². The van der Waals surface area contributed by atoms with Crippen LogP contribution in [0.4, 0.5) is 0 Å². The first kappa shape index (κ1) is 5.35. The van der Waals surface area contributed by atoms with Gasteiger partial charge in [0.25, 0.3) is 0 Å². The molecule has 1 aliphatic rings. The lowest BCUT2D eigenvalue weighted by Gasteiger charge is -2.17. The quantitative estimate of drug-likeness (QED) is 0.446. The molecule has 7 heavy (non-hydrogen) atoms. The maximum absolute atomic E-state index is 5.43. The van der Waals surface area contributed by atoms with Crippen molar-refractivity contribution in [2.75, 3.05) is 13.2 Å². The Bertz CT molecular complexity index is 53.7. The number of hydrogen-bond donors (Lipinski definition) is 0. The predicted octanol–water partition coefficient (Wildman–Crippen LogP) is 1.17. The first-order chi connectivity index (χ1) is 3.39. The second-order valence-corrected chi connectivity index (χ2v) is 1.96. The van der Waals surface area contributed by atoms with Crippen molar-refractivity contribution in [1.82, 2.24) is 4.58 Å². The van der Waals surface area contributed by atoms with Gasteiger partial charge in [0.2, 0.25) is 0 Å². The van der Waals surface area contributed by atoms with E-state index in [4.69, 9.17) is 16.6 Å². The van der Waals surface area contributed by atoms with Crippen LogP contribution in [0.5, 0.6) is 0 Å². The molecule has 0 aliphatic carbocycles. The third kappa shape index (κ3) is 1.63. The molecule has 0 spiro atoms. The average molecular weight is 122 g/mol. The lowest BCUT2D eigenvalue weighted by molar-refractivity contribution is -0.108. The molecule has 0 N–H and O–H groups in total. The minimum absolute atomic E-state index is 0.781. The highest BCUT2D eigenvalue weighted by molar-refractivity contribution is 6.12. The molecule has 0 aromatic rings. The number of nitrogens with zero attached hydrogens (tertiary/aromatic N) is 1. The third-order valence-corrected chi connectivity index (χ3v) is 1.23. The van der Waals surface area contributed by atoms with Gasteiger partial charge in [0.05, 0.1) is 6.61 Å². The summed E-state index contributed by atoms with van der Waals surface area (Å²) in [6.45, 7) is 1.64. The van der Waals surface area contributed by atoms with Crippen molar-refractivity contribution in [3.05, 3.63) is 0 Å². The number of rotatable bonds is 0. The molecular weight excluding hydrogens is 114 g/mol. The largest absolute Gasteiger partial charge is 0.284 e. The highest BCUT2D eigenvalue weighted by Gasteiger charge is 2.05.